The zero-order valence-corrected chi connectivity index (χ0v) is 14.3. The summed E-state index contributed by atoms with van der Waals surface area (Å²) in [5.41, 5.74) is 5.05. The second-order valence-corrected chi connectivity index (χ2v) is 5.13. The molecule has 0 aromatic heterocycles. The van der Waals surface area contributed by atoms with E-state index in [1.165, 1.54) is 14.0 Å². The first-order valence-electron chi connectivity index (χ1n) is 7.27. The Balaban J connectivity index is 3.18. The van der Waals surface area contributed by atoms with Crippen molar-refractivity contribution in [2.45, 2.75) is 51.5 Å². The topological polar surface area (TPSA) is 150 Å². The number of carbonyl (C=O) groups excluding carboxylic acids is 4. The van der Waals surface area contributed by atoms with Gasteiger partial charge < -0.3 is 34.2 Å². The molecule has 1 rings (SSSR count). The Kier molecular flexibility index (Phi) is 7.58. The quantitative estimate of drug-likeness (QED) is 0.471. The van der Waals surface area contributed by atoms with Crippen LogP contribution in [0.25, 0.3) is 0 Å². The average molecular weight is 363 g/mol. The fourth-order valence-electron chi connectivity index (χ4n) is 2.32. The summed E-state index contributed by atoms with van der Waals surface area (Å²) >= 11 is 0. The van der Waals surface area contributed by atoms with E-state index in [2.05, 4.69) is 0 Å². The molecule has 1 heterocycles. The summed E-state index contributed by atoms with van der Waals surface area (Å²) in [4.78, 5) is 45.1. The third-order valence-corrected chi connectivity index (χ3v) is 3.13. The molecule has 1 aliphatic rings. The van der Waals surface area contributed by atoms with Gasteiger partial charge in [-0.1, -0.05) is 0 Å². The van der Waals surface area contributed by atoms with Crippen LogP contribution in [0.5, 0.6) is 0 Å². The number of hydrogen-bond acceptors (Lipinski definition) is 10. The molecule has 1 saturated heterocycles. The smallest absolute Gasteiger partial charge is 0.405 e. The molecule has 1 aliphatic heterocycles. The maximum Gasteiger partial charge on any atom is 0.405 e. The van der Waals surface area contributed by atoms with Gasteiger partial charge in [0, 0.05) is 27.9 Å². The Hall–Kier alpha value is -2.40. The molecule has 25 heavy (non-hydrogen) atoms. The molecule has 2 N–H and O–H groups in total. The first kappa shape index (κ1) is 20.6. The number of carbonyl (C=O) groups is 4. The van der Waals surface area contributed by atoms with E-state index >= 15 is 0 Å². The van der Waals surface area contributed by atoms with Gasteiger partial charge >= 0.3 is 24.0 Å². The minimum atomic E-state index is -1.33. The van der Waals surface area contributed by atoms with E-state index < -0.39 is 54.7 Å². The normalized spacial score (nSPS) is 28.6. The van der Waals surface area contributed by atoms with Crippen LogP contribution in [0.3, 0.4) is 0 Å². The lowest BCUT2D eigenvalue weighted by atomic mass is 9.98. The van der Waals surface area contributed by atoms with Crippen LogP contribution in [-0.2, 0) is 42.8 Å². The van der Waals surface area contributed by atoms with E-state index in [0.29, 0.717) is 0 Å². The summed E-state index contributed by atoms with van der Waals surface area (Å²) in [7, 11) is 1.26. The van der Waals surface area contributed by atoms with E-state index in [0.717, 1.165) is 13.8 Å². The third-order valence-electron chi connectivity index (χ3n) is 3.13. The van der Waals surface area contributed by atoms with Crippen molar-refractivity contribution in [3.05, 3.63) is 0 Å². The first-order chi connectivity index (χ1) is 11.6. The fourth-order valence-corrected chi connectivity index (χ4v) is 2.32. The summed E-state index contributed by atoms with van der Waals surface area (Å²) in [5, 5.41) is 0. The second-order valence-electron chi connectivity index (χ2n) is 5.13. The van der Waals surface area contributed by atoms with Crippen LogP contribution in [0, 0.1) is 0 Å². The second kappa shape index (κ2) is 9.18. The molecule has 1 fully saturated rings. The van der Waals surface area contributed by atoms with Crippen molar-refractivity contribution in [2.75, 3.05) is 13.7 Å². The number of ether oxygens (including phenoxy) is 6. The standard InChI is InChI=1S/C14H21NO10/c1-6(16)21-5-9-10(22-7(2)17)11(25-14(15)19)12(23-8(3)18)13(20-4)24-9/h9-13H,5H2,1-4H3,(H2,15,19)/t9-,10-,11+,12+,13+/m1/s1. The van der Waals surface area contributed by atoms with Crippen molar-refractivity contribution < 1.29 is 47.6 Å². The number of nitrogens with two attached hydrogens (primary N) is 1. The summed E-state index contributed by atoms with van der Waals surface area (Å²) < 4.78 is 30.7. The molecule has 0 bridgehead atoms. The Labute approximate surface area is 143 Å². The number of rotatable bonds is 6. The molecule has 0 radical (unpaired) electrons. The summed E-state index contributed by atoms with van der Waals surface area (Å²) in [6, 6.07) is 0. The Bertz CT molecular complexity index is 522. The third kappa shape index (κ3) is 6.19. The SMILES string of the molecule is CO[C@H]1O[C@H](COC(C)=O)[C@@H](OC(C)=O)[C@H](OC(N)=O)[C@@H]1OC(C)=O. The van der Waals surface area contributed by atoms with E-state index in [1.807, 2.05) is 0 Å². The number of hydrogen-bond donors (Lipinski definition) is 1. The molecule has 0 aliphatic carbocycles. The minimum Gasteiger partial charge on any atom is -0.463 e. The predicted molar refractivity (Wildman–Crippen MR) is 77.9 cm³/mol. The van der Waals surface area contributed by atoms with Crippen molar-refractivity contribution >= 4 is 24.0 Å². The highest BCUT2D eigenvalue weighted by Crippen LogP contribution is 2.29. The van der Waals surface area contributed by atoms with Gasteiger partial charge in [-0.15, -0.1) is 0 Å². The van der Waals surface area contributed by atoms with Crippen LogP contribution in [-0.4, -0.2) is 68.4 Å². The largest absolute Gasteiger partial charge is 0.463 e. The van der Waals surface area contributed by atoms with Gasteiger partial charge in [0.05, 0.1) is 0 Å². The number of amides is 1. The molecule has 5 atom stereocenters. The van der Waals surface area contributed by atoms with Crippen molar-refractivity contribution in [3.63, 3.8) is 0 Å². The minimum absolute atomic E-state index is 0.321. The van der Waals surface area contributed by atoms with Crippen LogP contribution in [0.2, 0.25) is 0 Å². The van der Waals surface area contributed by atoms with Crippen molar-refractivity contribution in [3.8, 4) is 0 Å². The van der Waals surface area contributed by atoms with Gasteiger partial charge in [-0.3, -0.25) is 14.4 Å². The molecular formula is C14H21NO10. The van der Waals surface area contributed by atoms with Crippen molar-refractivity contribution in [2.24, 2.45) is 5.73 Å². The molecule has 1 amide bonds. The first-order valence-corrected chi connectivity index (χ1v) is 7.27. The average Bonchev–Trinajstić information content (AvgIpc) is 2.48. The number of primary amides is 1. The molecule has 0 aromatic rings. The molecule has 11 heteroatoms. The zero-order chi connectivity index (χ0) is 19.1. The molecule has 0 spiro atoms. The highest BCUT2D eigenvalue weighted by Gasteiger charge is 2.52. The van der Waals surface area contributed by atoms with Crippen molar-refractivity contribution in [1.82, 2.24) is 0 Å². The van der Waals surface area contributed by atoms with E-state index in [-0.39, 0.29) is 6.61 Å². The lowest BCUT2D eigenvalue weighted by molar-refractivity contribution is -0.299. The van der Waals surface area contributed by atoms with Gasteiger partial charge in [-0.2, -0.15) is 0 Å². The van der Waals surface area contributed by atoms with Crippen LogP contribution in [0.1, 0.15) is 20.8 Å². The lowest BCUT2D eigenvalue weighted by Gasteiger charge is -2.43. The molecule has 142 valence electrons. The molecule has 0 saturated carbocycles. The monoisotopic (exact) mass is 363 g/mol. The van der Waals surface area contributed by atoms with Gasteiger partial charge in [-0.25, -0.2) is 4.79 Å². The van der Waals surface area contributed by atoms with Crippen molar-refractivity contribution in [1.29, 1.82) is 0 Å². The predicted octanol–water partition coefficient (Wildman–Crippen LogP) is -0.752. The van der Waals surface area contributed by atoms with Gasteiger partial charge in [0.1, 0.15) is 12.7 Å². The summed E-state index contributed by atoms with van der Waals surface area (Å²) in [6.07, 6.45) is -7.26. The molecule has 0 unspecified atom stereocenters. The van der Waals surface area contributed by atoms with Gasteiger partial charge in [0.2, 0.25) is 0 Å². The molecular weight excluding hydrogens is 342 g/mol. The Morgan fingerprint density at radius 1 is 0.880 bits per heavy atom. The molecule has 11 nitrogen and oxygen atoms in total. The lowest BCUT2D eigenvalue weighted by Crippen LogP contribution is -2.63. The van der Waals surface area contributed by atoms with Crippen LogP contribution >= 0.6 is 0 Å². The van der Waals surface area contributed by atoms with E-state index in [1.54, 1.807) is 0 Å². The number of methoxy groups -OCH3 is 1. The Morgan fingerprint density at radius 3 is 1.88 bits per heavy atom. The highest BCUT2D eigenvalue weighted by atomic mass is 16.7. The molecule has 0 aromatic carbocycles. The maximum absolute atomic E-state index is 11.4. The van der Waals surface area contributed by atoms with Crippen LogP contribution in [0.15, 0.2) is 0 Å². The van der Waals surface area contributed by atoms with E-state index in [9.17, 15) is 19.2 Å². The fraction of sp³-hybridized carbons (Fsp3) is 0.714. The number of esters is 3. The van der Waals surface area contributed by atoms with Gasteiger partial charge in [0.15, 0.2) is 24.6 Å². The highest BCUT2D eigenvalue weighted by molar-refractivity contribution is 5.68. The summed E-state index contributed by atoms with van der Waals surface area (Å²) in [6.45, 7) is 3.10. The van der Waals surface area contributed by atoms with Gasteiger partial charge in [0.25, 0.3) is 0 Å². The Morgan fingerprint density at radius 2 is 1.44 bits per heavy atom. The van der Waals surface area contributed by atoms with E-state index in [4.69, 9.17) is 34.2 Å². The zero-order valence-electron chi connectivity index (χ0n) is 14.3. The van der Waals surface area contributed by atoms with Crippen LogP contribution < -0.4 is 5.73 Å². The summed E-state index contributed by atoms with van der Waals surface area (Å²) in [5.74, 6) is -2.04. The van der Waals surface area contributed by atoms with Gasteiger partial charge in [-0.05, 0) is 0 Å². The maximum atomic E-state index is 11.4. The van der Waals surface area contributed by atoms with Crippen LogP contribution in [0.4, 0.5) is 4.79 Å².